The summed E-state index contributed by atoms with van der Waals surface area (Å²) in [5, 5.41) is 2.60. The lowest BCUT2D eigenvalue weighted by atomic mass is 10.1. The number of aromatic nitrogens is 2. The lowest BCUT2D eigenvalue weighted by molar-refractivity contribution is 0.883. The fourth-order valence-electron chi connectivity index (χ4n) is 2.47. The smallest absolute Gasteiger partial charge is 0.0684 e. The molecule has 0 amide bonds. The van der Waals surface area contributed by atoms with Crippen LogP contribution >= 0.6 is 12.4 Å². The number of para-hydroxylation sites is 1. The zero-order chi connectivity index (χ0) is 11.8. The summed E-state index contributed by atoms with van der Waals surface area (Å²) in [6, 6.07) is 10.6. The van der Waals surface area contributed by atoms with E-state index >= 15 is 0 Å². The van der Waals surface area contributed by atoms with E-state index in [9.17, 15) is 0 Å². The van der Waals surface area contributed by atoms with Gasteiger partial charge >= 0.3 is 0 Å². The molecule has 94 valence electrons. The van der Waals surface area contributed by atoms with Crippen LogP contribution < -0.4 is 0 Å². The Labute approximate surface area is 113 Å². The summed E-state index contributed by atoms with van der Waals surface area (Å²) in [5.74, 6) is 0. The van der Waals surface area contributed by atoms with Gasteiger partial charge in [0.2, 0.25) is 0 Å². The van der Waals surface area contributed by atoms with E-state index in [1.165, 1.54) is 27.5 Å². The molecule has 3 heteroatoms. The van der Waals surface area contributed by atoms with Crippen LogP contribution in [0, 0.1) is 6.92 Å². The summed E-state index contributed by atoms with van der Waals surface area (Å²) >= 11 is 0. The molecule has 0 aliphatic carbocycles. The van der Waals surface area contributed by atoms with Gasteiger partial charge in [0.1, 0.15) is 0 Å². The first-order valence-corrected chi connectivity index (χ1v) is 6.16. The molecule has 0 aliphatic rings. The van der Waals surface area contributed by atoms with Gasteiger partial charge in [0, 0.05) is 22.0 Å². The van der Waals surface area contributed by atoms with Crippen molar-refractivity contribution in [3.05, 3.63) is 41.7 Å². The summed E-state index contributed by atoms with van der Waals surface area (Å²) in [4.78, 5) is 8.15. The Morgan fingerprint density at radius 3 is 2.72 bits per heavy atom. The number of pyridine rings is 1. The Morgan fingerprint density at radius 1 is 1.17 bits per heavy atom. The van der Waals surface area contributed by atoms with Crippen LogP contribution in [0.1, 0.15) is 24.7 Å². The van der Waals surface area contributed by atoms with Crippen molar-refractivity contribution in [1.29, 1.82) is 0 Å². The van der Waals surface area contributed by atoms with Gasteiger partial charge in [0.25, 0.3) is 0 Å². The molecule has 2 heterocycles. The molecular formula is C15H17ClN2. The first-order valence-electron chi connectivity index (χ1n) is 6.16. The minimum absolute atomic E-state index is 0. The number of nitrogens with one attached hydrogen (secondary N) is 1. The van der Waals surface area contributed by atoms with E-state index < -0.39 is 0 Å². The predicted molar refractivity (Wildman–Crippen MR) is 79.6 cm³/mol. The van der Waals surface area contributed by atoms with E-state index in [0.717, 1.165) is 18.5 Å². The molecule has 0 aliphatic heterocycles. The number of aromatic amines is 1. The summed E-state index contributed by atoms with van der Waals surface area (Å²) in [6.07, 6.45) is 2.16. The molecule has 2 nitrogen and oxygen atoms in total. The van der Waals surface area contributed by atoms with Crippen molar-refractivity contribution in [1.82, 2.24) is 9.97 Å². The normalized spacial score (nSPS) is 10.8. The lowest BCUT2D eigenvalue weighted by Crippen LogP contribution is -1.93. The number of H-pyrrole nitrogens is 1. The molecule has 0 unspecified atom stereocenters. The minimum Gasteiger partial charge on any atom is -0.353 e. The molecule has 0 saturated carbocycles. The summed E-state index contributed by atoms with van der Waals surface area (Å²) in [6.45, 7) is 4.26. The molecule has 1 aromatic carbocycles. The zero-order valence-corrected chi connectivity index (χ0v) is 11.5. The predicted octanol–water partition coefficient (Wildman–Crippen LogP) is 4.40. The number of hydrogen-bond acceptors (Lipinski definition) is 1. The zero-order valence-electron chi connectivity index (χ0n) is 10.7. The molecule has 0 spiro atoms. The molecule has 18 heavy (non-hydrogen) atoms. The molecule has 2 aromatic heterocycles. The highest BCUT2D eigenvalue weighted by molar-refractivity contribution is 6.07. The Kier molecular flexibility index (Phi) is 3.58. The molecule has 0 fully saturated rings. The summed E-state index contributed by atoms with van der Waals surface area (Å²) in [7, 11) is 0. The summed E-state index contributed by atoms with van der Waals surface area (Å²) in [5.41, 5.74) is 4.70. The third-order valence-corrected chi connectivity index (χ3v) is 3.19. The molecule has 0 saturated heterocycles. The van der Waals surface area contributed by atoms with Crippen molar-refractivity contribution in [3.63, 3.8) is 0 Å². The van der Waals surface area contributed by atoms with E-state index in [-0.39, 0.29) is 12.4 Å². The molecule has 3 rings (SSSR count). The fraction of sp³-hybridized carbons (Fsp3) is 0.267. The maximum absolute atomic E-state index is 4.66. The van der Waals surface area contributed by atoms with Crippen LogP contribution in [0.3, 0.4) is 0 Å². The van der Waals surface area contributed by atoms with Gasteiger partial charge in [-0.05, 0) is 25.5 Å². The van der Waals surface area contributed by atoms with Crippen molar-refractivity contribution >= 4 is 34.2 Å². The summed E-state index contributed by atoms with van der Waals surface area (Å²) < 4.78 is 0. The number of nitrogens with zero attached hydrogens (tertiary/aromatic N) is 1. The fourth-order valence-corrected chi connectivity index (χ4v) is 2.47. The van der Waals surface area contributed by atoms with Crippen LogP contribution in [-0.4, -0.2) is 9.97 Å². The highest BCUT2D eigenvalue weighted by Gasteiger charge is 2.09. The van der Waals surface area contributed by atoms with E-state index in [2.05, 4.69) is 54.1 Å². The van der Waals surface area contributed by atoms with Crippen LogP contribution in [0.15, 0.2) is 30.3 Å². The molecule has 0 radical (unpaired) electrons. The van der Waals surface area contributed by atoms with Crippen LogP contribution in [0.25, 0.3) is 21.8 Å². The van der Waals surface area contributed by atoms with Gasteiger partial charge in [-0.2, -0.15) is 0 Å². The monoisotopic (exact) mass is 260 g/mol. The molecular weight excluding hydrogens is 244 g/mol. The SMILES string of the molecule is CCCc1nc(C)cc2c1[nH]c1ccccc12.Cl. The average Bonchev–Trinajstić information content (AvgIpc) is 2.69. The first-order chi connectivity index (χ1) is 8.29. The van der Waals surface area contributed by atoms with E-state index in [1.54, 1.807) is 0 Å². The Morgan fingerprint density at radius 2 is 1.94 bits per heavy atom. The average molecular weight is 261 g/mol. The quantitative estimate of drug-likeness (QED) is 0.727. The van der Waals surface area contributed by atoms with E-state index in [0.29, 0.717) is 0 Å². The van der Waals surface area contributed by atoms with Crippen molar-refractivity contribution in [2.24, 2.45) is 0 Å². The van der Waals surface area contributed by atoms with E-state index in [1.807, 2.05) is 0 Å². The van der Waals surface area contributed by atoms with Gasteiger partial charge < -0.3 is 4.98 Å². The number of benzene rings is 1. The second-order valence-corrected chi connectivity index (χ2v) is 4.55. The third-order valence-electron chi connectivity index (χ3n) is 3.19. The van der Waals surface area contributed by atoms with Gasteiger partial charge in [-0.15, -0.1) is 12.4 Å². The highest BCUT2D eigenvalue weighted by atomic mass is 35.5. The molecule has 0 atom stereocenters. The van der Waals surface area contributed by atoms with Crippen molar-refractivity contribution < 1.29 is 0 Å². The lowest BCUT2D eigenvalue weighted by Gasteiger charge is -2.02. The van der Waals surface area contributed by atoms with Gasteiger partial charge in [-0.25, -0.2) is 0 Å². The van der Waals surface area contributed by atoms with Gasteiger partial charge in [0.05, 0.1) is 11.2 Å². The van der Waals surface area contributed by atoms with E-state index in [4.69, 9.17) is 0 Å². The van der Waals surface area contributed by atoms with Crippen molar-refractivity contribution in [2.45, 2.75) is 26.7 Å². The maximum Gasteiger partial charge on any atom is 0.0684 e. The molecule has 0 bridgehead atoms. The molecule has 3 aromatic rings. The Balaban J connectivity index is 0.00000120. The second-order valence-electron chi connectivity index (χ2n) is 4.55. The maximum atomic E-state index is 4.66. The Bertz CT molecular complexity index is 685. The number of fused-ring (bicyclic) bond motifs is 3. The van der Waals surface area contributed by atoms with Crippen molar-refractivity contribution in [3.8, 4) is 0 Å². The third kappa shape index (κ3) is 1.97. The largest absolute Gasteiger partial charge is 0.353 e. The topological polar surface area (TPSA) is 28.7 Å². The molecule has 1 N–H and O–H groups in total. The van der Waals surface area contributed by atoms with Gasteiger partial charge in [-0.1, -0.05) is 31.5 Å². The standard InChI is InChI=1S/C15H16N2.ClH/c1-3-6-14-15-12(9-10(2)16-14)11-7-4-5-8-13(11)17-15;/h4-5,7-9,17H,3,6H2,1-2H3;1H. The number of halogens is 1. The number of rotatable bonds is 2. The van der Waals surface area contributed by atoms with Gasteiger partial charge in [0.15, 0.2) is 0 Å². The minimum atomic E-state index is 0. The number of aryl methyl sites for hydroxylation is 2. The Hall–Kier alpha value is -1.54. The van der Waals surface area contributed by atoms with Gasteiger partial charge in [-0.3, -0.25) is 4.98 Å². The first kappa shape index (κ1) is 12.9. The second kappa shape index (κ2) is 4.99. The van der Waals surface area contributed by atoms with Crippen LogP contribution in [0.2, 0.25) is 0 Å². The highest BCUT2D eigenvalue weighted by Crippen LogP contribution is 2.27. The number of hydrogen-bond donors (Lipinski definition) is 1. The van der Waals surface area contributed by atoms with Crippen LogP contribution in [-0.2, 0) is 6.42 Å². The van der Waals surface area contributed by atoms with Crippen molar-refractivity contribution in [2.75, 3.05) is 0 Å². The van der Waals surface area contributed by atoms with Crippen LogP contribution in [0.4, 0.5) is 0 Å². The van der Waals surface area contributed by atoms with Crippen LogP contribution in [0.5, 0.6) is 0 Å².